The molecule has 21 heavy (non-hydrogen) atoms. The Morgan fingerprint density at radius 3 is 2.67 bits per heavy atom. The first kappa shape index (κ1) is 14.0. The number of pyridine rings is 2. The van der Waals surface area contributed by atoms with E-state index < -0.39 is 0 Å². The minimum atomic E-state index is 0.244. The number of ether oxygens (including phenoxy) is 1. The van der Waals surface area contributed by atoms with Crippen LogP contribution in [0.3, 0.4) is 0 Å². The van der Waals surface area contributed by atoms with Gasteiger partial charge >= 0.3 is 0 Å². The largest absolute Gasteiger partial charge is 0.473 e. The van der Waals surface area contributed by atoms with Crippen LogP contribution in [-0.2, 0) is 0 Å². The van der Waals surface area contributed by atoms with Crippen molar-refractivity contribution >= 4 is 0 Å². The van der Waals surface area contributed by atoms with E-state index in [4.69, 9.17) is 4.74 Å². The Bertz CT molecular complexity index is 568. The van der Waals surface area contributed by atoms with Crippen molar-refractivity contribution in [3.05, 3.63) is 42.7 Å². The highest BCUT2D eigenvalue weighted by molar-refractivity contribution is 5.57. The summed E-state index contributed by atoms with van der Waals surface area (Å²) in [5.74, 6) is 0.702. The van der Waals surface area contributed by atoms with Crippen LogP contribution in [-0.4, -0.2) is 41.1 Å². The number of hydrogen-bond acceptors (Lipinski definition) is 4. The zero-order chi connectivity index (χ0) is 14.7. The van der Waals surface area contributed by atoms with Crippen LogP contribution in [0.2, 0.25) is 0 Å². The molecule has 0 saturated heterocycles. The molecule has 110 valence electrons. The lowest BCUT2D eigenvalue weighted by Gasteiger charge is -2.26. The Morgan fingerprint density at radius 2 is 2.00 bits per heavy atom. The van der Waals surface area contributed by atoms with Crippen molar-refractivity contribution in [2.75, 3.05) is 14.1 Å². The minimum absolute atomic E-state index is 0.244. The summed E-state index contributed by atoms with van der Waals surface area (Å²) in [7, 11) is 4.23. The predicted octanol–water partition coefficient (Wildman–Crippen LogP) is 3.01. The highest BCUT2D eigenvalue weighted by Crippen LogP contribution is 2.27. The lowest BCUT2D eigenvalue weighted by Crippen LogP contribution is -2.38. The SMILES string of the molecule is CN(C)C1CCC[C@H]1Oc1ccc(-c2ccccn2)cn1. The van der Waals surface area contributed by atoms with Gasteiger partial charge in [-0.3, -0.25) is 4.98 Å². The summed E-state index contributed by atoms with van der Waals surface area (Å²) in [6.45, 7) is 0. The number of aromatic nitrogens is 2. The van der Waals surface area contributed by atoms with Crippen molar-refractivity contribution in [1.29, 1.82) is 0 Å². The maximum Gasteiger partial charge on any atom is 0.213 e. The standard InChI is InChI=1S/C17H21N3O/c1-20(2)15-7-5-8-16(15)21-17-10-9-13(12-19-17)14-6-3-4-11-18-14/h3-4,6,9-12,15-16H,5,7-8H2,1-2H3/t15?,16-/m1/s1. The van der Waals surface area contributed by atoms with Gasteiger partial charge in [0.1, 0.15) is 6.10 Å². The second kappa shape index (κ2) is 6.22. The van der Waals surface area contributed by atoms with Gasteiger partial charge in [0.2, 0.25) is 5.88 Å². The molecule has 0 radical (unpaired) electrons. The van der Waals surface area contributed by atoms with Gasteiger partial charge in [-0.25, -0.2) is 4.98 Å². The van der Waals surface area contributed by atoms with Crippen LogP contribution in [0, 0.1) is 0 Å². The van der Waals surface area contributed by atoms with Crippen LogP contribution in [0.4, 0.5) is 0 Å². The summed E-state index contributed by atoms with van der Waals surface area (Å²) in [5, 5.41) is 0. The van der Waals surface area contributed by atoms with Crippen molar-refractivity contribution in [2.45, 2.75) is 31.4 Å². The number of rotatable bonds is 4. The minimum Gasteiger partial charge on any atom is -0.473 e. The Hall–Kier alpha value is -1.94. The maximum absolute atomic E-state index is 6.07. The molecule has 2 aromatic heterocycles. The van der Waals surface area contributed by atoms with Gasteiger partial charge in [0, 0.05) is 30.1 Å². The van der Waals surface area contributed by atoms with E-state index in [1.165, 1.54) is 12.8 Å². The fraction of sp³-hybridized carbons (Fsp3) is 0.412. The number of hydrogen-bond donors (Lipinski definition) is 0. The van der Waals surface area contributed by atoms with E-state index in [2.05, 4.69) is 29.0 Å². The zero-order valence-electron chi connectivity index (χ0n) is 12.6. The zero-order valence-corrected chi connectivity index (χ0v) is 12.6. The molecule has 1 fully saturated rings. The Morgan fingerprint density at radius 1 is 1.10 bits per heavy atom. The molecule has 1 unspecified atom stereocenters. The van der Waals surface area contributed by atoms with Crippen LogP contribution in [0.15, 0.2) is 42.7 Å². The highest BCUT2D eigenvalue weighted by atomic mass is 16.5. The Balaban J connectivity index is 1.70. The van der Waals surface area contributed by atoms with Crippen LogP contribution >= 0.6 is 0 Å². The molecular formula is C17H21N3O. The van der Waals surface area contributed by atoms with Crippen molar-refractivity contribution in [1.82, 2.24) is 14.9 Å². The van der Waals surface area contributed by atoms with Gasteiger partial charge in [-0.05, 0) is 51.6 Å². The van der Waals surface area contributed by atoms with E-state index >= 15 is 0 Å². The second-order valence-corrected chi connectivity index (χ2v) is 5.72. The molecule has 2 atom stereocenters. The quantitative estimate of drug-likeness (QED) is 0.864. The van der Waals surface area contributed by atoms with Gasteiger partial charge in [-0.2, -0.15) is 0 Å². The number of likely N-dealkylation sites (N-methyl/N-ethyl adjacent to an activating group) is 1. The summed E-state index contributed by atoms with van der Waals surface area (Å²) in [4.78, 5) is 11.0. The molecular weight excluding hydrogens is 262 g/mol. The lowest BCUT2D eigenvalue weighted by atomic mass is 10.2. The van der Waals surface area contributed by atoms with Crippen molar-refractivity contribution in [2.24, 2.45) is 0 Å². The molecule has 0 aromatic carbocycles. The van der Waals surface area contributed by atoms with E-state index in [1.54, 1.807) is 6.20 Å². The van der Waals surface area contributed by atoms with E-state index in [9.17, 15) is 0 Å². The molecule has 1 aliphatic carbocycles. The van der Waals surface area contributed by atoms with Crippen molar-refractivity contribution < 1.29 is 4.74 Å². The molecule has 0 aliphatic heterocycles. The first-order valence-corrected chi connectivity index (χ1v) is 7.44. The lowest BCUT2D eigenvalue weighted by molar-refractivity contribution is 0.116. The molecule has 0 bridgehead atoms. The molecule has 0 N–H and O–H groups in total. The maximum atomic E-state index is 6.07. The van der Waals surface area contributed by atoms with E-state index in [0.29, 0.717) is 11.9 Å². The Labute approximate surface area is 125 Å². The fourth-order valence-electron chi connectivity index (χ4n) is 2.92. The van der Waals surface area contributed by atoms with E-state index in [0.717, 1.165) is 17.7 Å². The summed E-state index contributed by atoms with van der Waals surface area (Å²) in [5.41, 5.74) is 1.95. The molecule has 1 saturated carbocycles. The molecule has 0 spiro atoms. The molecule has 4 heteroatoms. The van der Waals surface area contributed by atoms with Gasteiger partial charge in [0.25, 0.3) is 0 Å². The highest BCUT2D eigenvalue weighted by Gasteiger charge is 2.30. The third kappa shape index (κ3) is 3.22. The van der Waals surface area contributed by atoms with Crippen molar-refractivity contribution in [3.63, 3.8) is 0 Å². The van der Waals surface area contributed by atoms with Gasteiger partial charge in [-0.1, -0.05) is 6.07 Å². The summed E-state index contributed by atoms with van der Waals surface area (Å²) in [6.07, 6.45) is 7.39. The normalized spacial score (nSPS) is 21.7. The average molecular weight is 283 g/mol. The molecule has 2 heterocycles. The summed E-state index contributed by atoms with van der Waals surface area (Å²) >= 11 is 0. The first-order chi connectivity index (χ1) is 10.2. The predicted molar refractivity (Wildman–Crippen MR) is 83.2 cm³/mol. The van der Waals surface area contributed by atoms with E-state index in [1.807, 2.05) is 36.5 Å². The molecule has 4 nitrogen and oxygen atoms in total. The van der Waals surface area contributed by atoms with E-state index in [-0.39, 0.29) is 6.10 Å². The summed E-state index contributed by atoms with van der Waals surface area (Å²) in [6, 6.07) is 10.3. The van der Waals surface area contributed by atoms with Crippen LogP contribution in [0.25, 0.3) is 11.3 Å². The summed E-state index contributed by atoms with van der Waals surface area (Å²) < 4.78 is 6.07. The second-order valence-electron chi connectivity index (χ2n) is 5.72. The molecule has 1 aliphatic rings. The van der Waals surface area contributed by atoms with Gasteiger partial charge < -0.3 is 9.64 Å². The van der Waals surface area contributed by atoms with Gasteiger partial charge in [-0.15, -0.1) is 0 Å². The first-order valence-electron chi connectivity index (χ1n) is 7.44. The monoisotopic (exact) mass is 283 g/mol. The topological polar surface area (TPSA) is 38.2 Å². The van der Waals surface area contributed by atoms with Crippen LogP contribution in [0.5, 0.6) is 5.88 Å². The molecule has 0 amide bonds. The third-order valence-corrected chi connectivity index (χ3v) is 4.05. The third-order valence-electron chi connectivity index (χ3n) is 4.05. The van der Waals surface area contributed by atoms with Crippen LogP contribution < -0.4 is 4.74 Å². The fourth-order valence-corrected chi connectivity index (χ4v) is 2.92. The number of nitrogens with zero attached hydrogens (tertiary/aromatic N) is 3. The molecule has 3 rings (SSSR count). The average Bonchev–Trinajstić information content (AvgIpc) is 2.97. The Kier molecular flexibility index (Phi) is 4.15. The van der Waals surface area contributed by atoms with Crippen LogP contribution in [0.1, 0.15) is 19.3 Å². The van der Waals surface area contributed by atoms with Crippen molar-refractivity contribution in [3.8, 4) is 17.1 Å². The molecule has 2 aromatic rings. The smallest absolute Gasteiger partial charge is 0.213 e. The van der Waals surface area contributed by atoms with Gasteiger partial charge in [0.05, 0.1) is 5.69 Å². The van der Waals surface area contributed by atoms with Gasteiger partial charge in [0.15, 0.2) is 0 Å².